The van der Waals surface area contributed by atoms with E-state index in [-0.39, 0.29) is 4.90 Å². The molecule has 0 radical (unpaired) electrons. The Kier molecular flexibility index (Phi) is 4.96. The second kappa shape index (κ2) is 7.40. The van der Waals surface area contributed by atoms with Gasteiger partial charge in [-0.1, -0.05) is 0 Å². The maximum absolute atomic E-state index is 13.1. The van der Waals surface area contributed by atoms with Gasteiger partial charge in [-0.05, 0) is 43.2 Å². The predicted molar refractivity (Wildman–Crippen MR) is 101 cm³/mol. The lowest BCUT2D eigenvalue weighted by Gasteiger charge is -2.34. The zero-order chi connectivity index (χ0) is 18.9. The molecule has 0 bridgehead atoms. The molecule has 2 saturated heterocycles. The quantitative estimate of drug-likeness (QED) is 0.791. The van der Waals surface area contributed by atoms with Gasteiger partial charge in [0.25, 0.3) is 0 Å². The zero-order valence-corrected chi connectivity index (χ0v) is 15.8. The van der Waals surface area contributed by atoms with Gasteiger partial charge in [0, 0.05) is 45.5 Å². The summed E-state index contributed by atoms with van der Waals surface area (Å²) in [6, 6.07) is 6.82. The van der Waals surface area contributed by atoms with Crippen LogP contribution in [0, 0.1) is 5.82 Å². The van der Waals surface area contributed by atoms with Crippen molar-refractivity contribution in [1.82, 2.24) is 14.3 Å². The van der Waals surface area contributed by atoms with Gasteiger partial charge in [0.2, 0.25) is 16.0 Å². The van der Waals surface area contributed by atoms with Crippen molar-refractivity contribution in [3.8, 4) is 0 Å². The molecule has 2 fully saturated rings. The number of rotatable bonds is 4. The van der Waals surface area contributed by atoms with Crippen LogP contribution in [0.2, 0.25) is 0 Å². The Bertz CT molecular complexity index is 892. The highest BCUT2D eigenvalue weighted by Crippen LogP contribution is 2.22. The lowest BCUT2D eigenvalue weighted by molar-refractivity contribution is 0.383. The third kappa shape index (κ3) is 3.74. The monoisotopic (exact) mass is 391 g/mol. The van der Waals surface area contributed by atoms with Crippen molar-refractivity contribution >= 4 is 21.8 Å². The van der Waals surface area contributed by atoms with Crippen molar-refractivity contribution in [2.75, 3.05) is 49.1 Å². The van der Waals surface area contributed by atoms with Gasteiger partial charge in [0.05, 0.1) is 4.90 Å². The Balaban J connectivity index is 1.44. The minimum absolute atomic E-state index is 0.121. The molecule has 0 amide bonds. The topological polar surface area (TPSA) is 69.6 Å². The van der Waals surface area contributed by atoms with Gasteiger partial charge in [0.15, 0.2) is 0 Å². The van der Waals surface area contributed by atoms with Crippen molar-refractivity contribution in [1.29, 1.82) is 0 Å². The number of nitrogens with zero attached hydrogens (tertiary/aromatic N) is 5. The molecule has 7 nitrogen and oxygen atoms in total. The summed E-state index contributed by atoms with van der Waals surface area (Å²) in [5.41, 5.74) is 0. The van der Waals surface area contributed by atoms with Gasteiger partial charge in [0.1, 0.15) is 11.6 Å². The van der Waals surface area contributed by atoms with E-state index in [1.807, 2.05) is 6.07 Å². The highest BCUT2D eigenvalue weighted by Gasteiger charge is 2.29. The molecule has 1 aromatic heterocycles. The van der Waals surface area contributed by atoms with Crippen LogP contribution >= 0.6 is 0 Å². The van der Waals surface area contributed by atoms with Crippen LogP contribution in [-0.2, 0) is 10.0 Å². The van der Waals surface area contributed by atoms with Crippen molar-refractivity contribution in [2.24, 2.45) is 0 Å². The van der Waals surface area contributed by atoms with Crippen LogP contribution in [0.1, 0.15) is 12.8 Å². The maximum Gasteiger partial charge on any atom is 0.243 e. The summed E-state index contributed by atoms with van der Waals surface area (Å²) < 4.78 is 40.0. The number of hydrogen-bond donors (Lipinski definition) is 0. The van der Waals surface area contributed by atoms with Gasteiger partial charge < -0.3 is 9.80 Å². The van der Waals surface area contributed by atoms with Crippen molar-refractivity contribution in [3.05, 3.63) is 42.3 Å². The molecule has 144 valence electrons. The van der Waals surface area contributed by atoms with Crippen LogP contribution in [-0.4, -0.2) is 62.0 Å². The summed E-state index contributed by atoms with van der Waals surface area (Å²) in [5, 5.41) is 0. The molecule has 1 aromatic carbocycles. The third-order valence-corrected chi connectivity index (χ3v) is 6.94. The van der Waals surface area contributed by atoms with Crippen LogP contribution in [0.4, 0.5) is 16.2 Å². The highest BCUT2D eigenvalue weighted by atomic mass is 32.2. The van der Waals surface area contributed by atoms with E-state index in [4.69, 9.17) is 0 Å². The average Bonchev–Trinajstić information content (AvgIpc) is 3.23. The molecule has 0 saturated carbocycles. The average molecular weight is 391 g/mol. The highest BCUT2D eigenvalue weighted by molar-refractivity contribution is 7.89. The van der Waals surface area contributed by atoms with E-state index in [2.05, 4.69) is 19.8 Å². The fourth-order valence-electron chi connectivity index (χ4n) is 3.50. The lowest BCUT2D eigenvalue weighted by atomic mass is 10.3. The van der Waals surface area contributed by atoms with Gasteiger partial charge in [-0.15, -0.1) is 0 Å². The minimum atomic E-state index is -3.61. The molecule has 0 N–H and O–H groups in total. The number of anilines is 2. The number of sulfonamides is 1. The second-order valence-corrected chi connectivity index (χ2v) is 8.69. The Morgan fingerprint density at radius 3 is 2.19 bits per heavy atom. The Morgan fingerprint density at radius 2 is 1.52 bits per heavy atom. The van der Waals surface area contributed by atoms with Crippen molar-refractivity contribution in [2.45, 2.75) is 17.7 Å². The van der Waals surface area contributed by atoms with Crippen LogP contribution < -0.4 is 9.80 Å². The van der Waals surface area contributed by atoms with Crippen LogP contribution in [0.3, 0.4) is 0 Å². The van der Waals surface area contributed by atoms with Crippen LogP contribution in [0.25, 0.3) is 0 Å². The normalized spacial score (nSPS) is 18.9. The first-order valence-corrected chi connectivity index (χ1v) is 10.6. The number of halogens is 1. The molecule has 0 atom stereocenters. The minimum Gasteiger partial charge on any atom is -0.354 e. The van der Waals surface area contributed by atoms with E-state index < -0.39 is 15.8 Å². The fraction of sp³-hybridized carbons (Fsp3) is 0.444. The van der Waals surface area contributed by atoms with Crippen LogP contribution in [0.5, 0.6) is 0 Å². The van der Waals surface area contributed by atoms with Gasteiger partial charge >= 0.3 is 0 Å². The second-order valence-electron chi connectivity index (χ2n) is 6.75. The maximum atomic E-state index is 13.1. The number of aromatic nitrogens is 2. The van der Waals surface area contributed by atoms with Crippen molar-refractivity contribution < 1.29 is 12.8 Å². The summed E-state index contributed by atoms with van der Waals surface area (Å²) in [5.74, 6) is 1.12. The molecule has 3 heterocycles. The smallest absolute Gasteiger partial charge is 0.243 e. The third-order valence-electron chi connectivity index (χ3n) is 5.03. The van der Waals surface area contributed by atoms with Gasteiger partial charge in [-0.3, -0.25) is 0 Å². The standard InChI is InChI=1S/C18H22FN5O2S/c19-15-3-5-16(6-4-15)27(25,26)24-13-11-22(12-14-24)17-7-8-20-18(21-17)23-9-1-2-10-23/h3-8H,1-2,9-14H2. The van der Waals surface area contributed by atoms with E-state index in [0.717, 1.165) is 37.7 Å². The Labute approximate surface area is 158 Å². The van der Waals surface area contributed by atoms with Crippen LogP contribution in [0.15, 0.2) is 41.4 Å². The first kappa shape index (κ1) is 18.1. The molecule has 2 aromatic rings. The summed E-state index contributed by atoms with van der Waals surface area (Å²) in [4.78, 5) is 13.4. The SMILES string of the molecule is O=S(=O)(c1ccc(F)cc1)N1CCN(c2ccnc(N3CCCC3)n2)CC1. The Hall–Kier alpha value is -2.26. The number of piperazine rings is 1. The molecule has 9 heteroatoms. The summed E-state index contributed by atoms with van der Waals surface area (Å²) in [6.45, 7) is 3.79. The first-order valence-electron chi connectivity index (χ1n) is 9.13. The van der Waals surface area contributed by atoms with E-state index in [9.17, 15) is 12.8 Å². The summed E-state index contributed by atoms with van der Waals surface area (Å²) in [7, 11) is -3.61. The molecule has 2 aliphatic heterocycles. The van der Waals surface area contributed by atoms with Crippen molar-refractivity contribution in [3.63, 3.8) is 0 Å². The molecule has 0 unspecified atom stereocenters. The van der Waals surface area contributed by atoms with E-state index in [0.29, 0.717) is 26.2 Å². The number of hydrogen-bond acceptors (Lipinski definition) is 6. The number of benzene rings is 1. The molecule has 0 spiro atoms. The molecule has 4 rings (SSSR count). The molecule has 27 heavy (non-hydrogen) atoms. The molecule has 0 aliphatic carbocycles. The zero-order valence-electron chi connectivity index (χ0n) is 15.0. The van der Waals surface area contributed by atoms with Gasteiger partial charge in [-0.2, -0.15) is 9.29 Å². The summed E-state index contributed by atoms with van der Waals surface area (Å²) in [6.07, 6.45) is 4.08. The lowest BCUT2D eigenvalue weighted by Crippen LogP contribution is -2.49. The summed E-state index contributed by atoms with van der Waals surface area (Å²) >= 11 is 0. The van der Waals surface area contributed by atoms with E-state index >= 15 is 0 Å². The molecular formula is C18H22FN5O2S. The predicted octanol–water partition coefficient (Wildman–Crippen LogP) is 1.73. The van der Waals surface area contributed by atoms with E-state index in [1.54, 1.807) is 6.20 Å². The van der Waals surface area contributed by atoms with E-state index in [1.165, 1.54) is 28.6 Å². The first-order chi connectivity index (χ1) is 13.0. The molecule has 2 aliphatic rings. The molecular weight excluding hydrogens is 369 g/mol. The Morgan fingerprint density at radius 1 is 0.852 bits per heavy atom. The largest absolute Gasteiger partial charge is 0.354 e. The van der Waals surface area contributed by atoms with Gasteiger partial charge in [-0.25, -0.2) is 17.8 Å². The fourth-order valence-corrected chi connectivity index (χ4v) is 4.92.